The van der Waals surface area contributed by atoms with Gasteiger partial charge < -0.3 is 14.7 Å². The Balaban J connectivity index is 1.73. The van der Waals surface area contributed by atoms with E-state index in [4.69, 9.17) is 4.74 Å². The smallest absolute Gasteiger partial charge is 0.271 e. The molecule has 7 heteroatoms. The summed E-state index contributed by atoms with van der Waals surface area (Å²) in [6.07, 6.45) is 1.11. The maximum absolute atomic E-state index is 12.1. The largest absolute Gasteiger partial charge is 0.389 e. The van der Waals surface area contributed by atoms with Crippen molar-refractivity contribution in [2.45, 2.75) is 13.0 Å². The number of aliphatic hydroxyl groups is 1. The van der Waals surface area contributed by atoms with Crippen molar-refractivity contribution in [3.63, 3.8) is 0 Å². The number of aromatic amines is 1. The van der Waals surface area contributed by atoms with Gasteiger partial charge in [-0.2, -0.15) is 5.10 Å². The van der Waals surface area contributed by atoms with E-state index in [0.717, 1.165) is 13.1 Å². The predicted molar refractivity (Wildman–Crippen MR) is 73.4 cm³/mol. The Morgan fingerprint density at radius 1 is 1.50 bits per heavy atom. The van der Waals surface area contributed by atoms with E-state index < -0.39 is 6.10 Å². The van der Waals surface area contributed by atoms with E-state index >= 15 is 0 Å². The highest BCUT2D eigenvalue weighted by molar-refractivity contribution is 5.92. The Labute approximate surface area is 118 Å². The van der Waals surface area contributed by atoms with Crippen LogP contribution in [0.5, 0.6) is 0 Å². The number of piperazine rings is 1. The topological polar surface area (TPSA) is 81.7 Å². The molecule has 0 spiro atoms. The minimum Gasteiger partial charge on any atom is -0.389 e. The van der Waals surface area contributed by atoms with Crippen molar-refractivity contribution < 1.29 is 14.6 Å². The van der Waals surface area contributed by atoms with Gasteiger partial charge in [-0.3, -0.25) is 14.8 Å². The fraction of sp³-hybridized carbons (Fsp3) is 0.692. The molecule has 0 aliphatic carbocycles. The lowest BCUT2D eigenvalue weighted by atomic mass is 10.2. The fourth-order valence-corrected chi connectivity index (χ4v) is 2.28. The molecule has 1 aliphatic heterocycles. The summed E-state index contributed by atoms with van der Waals surface area (Å²) in [5.74, 6) is -0.0167. The molecule has 1 aliphatic rings. The van der Waals surface area contributed by atoms with Crippen LogP contribution in [0.3, 0.4) is 0 Å². The summed E-state index contributed by atoms with van der Waals surface area (Å²) in [5, 5.41) is 16.3. The van der Waals surface area contributed by atoms with Crippen molar-refractivity contribution in [1.82, 2.24) is 20.0 Å². The molecule has 1 fully saturated rings. The number of aliphatic hydroxyl groups excluding tert-OH is 1. The molecule has 0 aromatic carbocycles. The molecule has 1 aromatic rings. The number of H-pyrrole nitrogens is 1. The molecule has 112 valence electrons. The van der Waals surface area contributed by atoms with Crippen molar-refractivity contribution in [3.05, 3.63) is 18.0 Å². The zero-order chi connectivity index (χ0) is 14.4. The third kappa shape index (κ3) is 4.03. The van der Waals surface area contributed by atoms with Gasteiger partial charge in [0.25, 0.3) is 5.91 Å². The molecule has 2 N–H and O–H groups in total. The standard InChI is InChI=1S/C13H22N4O3/c1-2-20-10-11(18)9-16-5-7-17(8-6-16)13(19)12-3-4-14-15-12/h3-4,11,18H,2,5-10H2,1H3,(H,14,15). The van der Waals surface area contributed by atoms with E-state index in [0.29, 0.717) is 38.5 Å². The quantitative estimate of drug-likeness (QED) is 0.739. The van der Waals surface area contributed by atoms with E-state index in [1.54, 1.807) is 17.2 Å². The van der Waals surface area contributed by atoms with E-state index in [1.165, 1.54) is 0 Å². The molecule has 7 nitrogen and oxygen atoms in total. The van der Waals surface area contributed by atoms with Crippen molar-refractivity contribution in [1.29, 1.82) is 0 Å². The van der Waals surface area contributed by atoms with Crippen molar-refractivity contribution in [3.8, 4) is 0 Å². The van der Waals surface area contributed by atoms with Gasteiger partial charge in [-0.1, -0.05) is 0 Å². The highest BCUT2D eigenvalue weighted by Gasteiger charge is 2.23. The minimum absolute atomic E-state index is 0.0167. The predicted octanol–water partition coefficient (Wildman–Crippen LogP) is -0.435. The first-order valence-electron chi connectivity index (χ1n) is 6.97. The molecule has 2 rings (SSSR count). The van der Waals surface area contributed by atoms with Crippen LogP contribution in [0.4, 0.5) is 0 Å². The SMILES string of the molecule is CCOCC(O)CN1CCN(C(=O)c2ccn[nH]2)CC1. The molecular formula is C13H22N4O3. The highest BCUT2D eigenvalue weighted by Crippen LogP contribution is 2.07. The number of rotatable bonds is 6. The van der Waals surface area contributed by atoms with Gasteiger partial charge in [-0.25, -0.2) is 0 Å². The lowest BCUT2D eigenvalue weighted by Gasteiger charge is -2.35. The van der Waals surface area contributed by atoms with Gasteiger partial charge >= 0.3 is 0 Å². The molecule has 1 saturated heterocycles. The zero-order valence-corrected chi connectivity index (χ0v) is 11.8. The molecule has 0 radical (unpaired) electrons. The summed E-state index contributed by atoms with van der Waals surface area (Å²) in [4.78, 5) is 16.1. The molecular weight excluding hydrogens is 260 g/mol. The van der Waals surface area contributed by atoms with E-state index in [2.05, 4.69) is 15.1 Å². The second kappa shape index (κ2) is 7.37. The van der Waals surface area contributed by atoms with Crippen LogP contribution in [-0.4, -0.2) is 83.1 Å². The highest BCUT2D eigenvalue weighted by atomic mass is 16.5. The average molecular weight is 282 g/mol. The van der Waals surface area contributed by atoms with Crippen LogP contribution in [0.15, 0.2) is 12.3 Å². The van der Waals surface area contributed by atoms with Crippen LogP contribution < -0.4 is 0 Å². The number of nitrogens with one attached hydrogen (secondary N) is 1. The summed E-state index contributed by atoms with van der Waals surface area (Å²) in [7, 11) is 0. The third-order valence-electron chi connectivity index (χ3n) is 3.37. The summed E-state index contributed by atoms with van der Waals surface area (Å²) in [5.41, 5.74) is 0.523. The Kier molecular flexibility index (Phi) is 5.51. The summed E-state index contributed by atoms with van der Waals surface area (Å²) in [6, 6.07) is 1.68. The van der Waals surface area contributed by atoms with Crippen molar-refractivity contribution in [2.24, 2.45) is 0 Å². The molecule has 2 heterocycles. The van der Waals surface area contributed by atoms with Crippen molar-refractivity contribution >= 4 is 5.91 Å². The molecule has 1 aromatic heterocycles. The molecule has 0 bridgehead atoms. The number of β-amino-alcohol motifs (C(OH)–C–C–N with tert-alkyl or cyclic N) is 1. The molecule has 1 atom stereocenters. The zero-order valence-electron chi connectivity index (χ0n) is 11.8. The Morgan fingerprint density at radius 2 is 2.25 bits per heavy atom. The van der Waals surface area contributed by atoms with Crippen LogP contribution in [0.2, 0.25) is 0 Å². The van der Waals surface area contributed by atoms with E-state index in [-0.39, 0.29) is 5.91 Å². The molecule has 1 unspecified atom stereocenters. The van der Waals surface area contributed by atoms with Crippen LogP contribution in [-0.2, 0) is 4.74 Å². The number of aromatic nitrogens is 2. The number of carbonyl (C=O) groups is 1. The number of nitrogens with zero attached hydrogens (tertiary/aromatic N) is 3. The van der Waals surface area contributed by atoms with Gasteiger partial charge in [0.05, 0.1) is 12.7 Å². The van der Waals surface area contributed by atoms with E-state index in [9.17, 15) is 9.90 Å². The second-order valence-corrected chi connectivity index (χ2v) is 4.88. The van der Waals surface area contributed by atoms with Gasteiger partial charge in [-0.15, -0.1) is 0 Å². The average Bonchev–Trinajstić information content (AvgIpc) is 2.99. The first-order chi connectivity index (χ1) is 9.70. The van der Waals surface area contributed by atoms with Crippen LogP contribution in [0.25, 0.3) is 0 Å². The summed E-state index contributed by atoms with van der Waals surface area (Å²) in [6.45, 7) is 6.34. The van der Waals surface area contributed by atoms with Gasteiger partial charge in [0, 0.05) is 45.5 Å². The normalized spacial score (nSPS) is 18.2. The number of ether oxygens (including phenoxy) is 1. The van der Waals surface area contributed by atoms with Gasteiger partial charge in [0.2, 0.25) is 0 Å². The maximum atomic E-state index is 12.1. The Morgan fingerprint density at radius 3 is 2.85 bits per heavy atom. The van der Waals surface area contributed by atoms with Crippen LogP contribution in [0, 0.1) is 0 Å². The fourth-order valence-electron chi connectivity index (χ4n) is 2.28. The maximum Gasteiger partial charge on any atom is 0.271 e. The van der Waals surface area contributed by atoms with E-state index in [1.807, 2.05) is 6.92 Å². The van der Waals surface area contributed by atoms with Crippen LogP contribution >= 0.6 is 0 Å². The molecule has 20 heavy (non-hydrogen) atoms. The number of hydrogen-bond acceptors (Lipinski definition) is 5. The lowest BCUT2D eigenvalue weighted by molar-refractivity contribution is 0.0110. The van der Waals surface area contributed by atoms with Crippen LogP contribution in [0.1, 0.15) is 17.4 Å². The van der Waals surface area contributed by atoms with Gasteiger partial charge in [0.15, 0.2) is 0 Å². The van der Waals surface area contributed by atoms with Gasteiger partial charge in [-0.05, 0) is 13.0 Å². The van der Waals surface area contributed by atoms with Crippen molar-refractivity contribution in [2.75, 3.05) is 45.9 Å². The van der Waals surface area contributed by atoms with Gasteiger partial charge in [0.1, 0.15) is 5.69 Å². The summed E-state index contributed by atoms with van der Waals surface area (Å²) < 4.78 is 5.19. The Hall–Kier alpha value is -1.44. The first kappa shape index (κ1) is 15.0. The molecule has 0 saturated carbocycles. The second-order valence-electron chi connectivity index (χ2n) is 4.88. The minimum atomic E-state index is -0.468. The number of hydrogen-bond donors (Lipinski definition) is 2. The number of carbonyl (C=O) groups excluding carboxylic acids is 1. The lowest BCUT2D eigenvalue weighted by Crippen LogP contribution is -2.50. The molecule has 1 amide bonds. The Bertz CT molecular complexity index is 402. The number of amides is 1. The monoisotopic (exact) mass is 282 g/mol. The first-order valence-corrected chi connectivity index (χ1v) is 6.97. The third-order valence-corrected chi connectivity index (χ3v) is 3.37. The summed E-state index contributed by atoms with van der Waals surface area (Å²) >= 11 is 0.